The van der Waals surface area contributed by atoms with Crippen LogP contribution in [0.4, 0.5) is 0 Å². The van der Waals surface area contributed by atoms with Crippen LogP contribution in [0.2, 0.25) is 0 Å². The van der Waals surface area contributed by atoms with Crippen molar-refractivity contribution in [2.75, 3.05) is 19.8 Å². The second kappa shape index (κ2) is 5.90. The molecule has 19 heavy (non-hydrogen) atoms. The Balaban J connectivity index is 2.85. The highest BCUT2D eigenvalue weighted by Gasteiger charge is 2.51. The van der Waals surface area contributed by atoms with E-state index in [1.165, 1.54) is 0 Å². The maximum absolute atomic E-state index is 12.5. The Morgan fingerprint density at radius 1 is 1.16 bits per heavy atom. The maximum atomic E-state index is 12.5. The molecule has 0 radical (unpaired) electrons. The molecule has 0 aromatic rings. The molecular weight excluding hydrogens is 244 g/mol. The summed E-state index contributed by atoms with van der Waals surface area (Å²) in [5.74, 6) is -0.133. The summed E-state index contributed by atoms with van der Waals surface area (Å²) < 4.78 is 5.45. The zero-order valence-corrected chi connectivity index (χ0v) is 12.7. The Morgan fingerprint density at radius 3 is 2.32 bits per heavy atom. The molecule has 0 aromatic heterocycles. The Hall–Kier alpha value is -1.10. The van der Waals surface area contributed by atoms with Gasteiger partial charge in [0, 0.05) is 13.2 Å². The molecular formula is C14H26N2O3. The van der Waals surface area contributed by atoms with Crippen molar-refractivity contribution >= 4 is 11.8 Å². The lowest BCUT2D eigenvalue weighted by molar-refractivity contribution is -0.161. The molecule has 5 nitrogen and oxygen atoms in total. The molecule has 1 aliphatic rings. The molecule has 2 amide bonds. The van der Waals surface area contributed by atoms with Gasteiger partial charge in [-0.05, 0) is 33.6 Å². The first-order valence-electron chi connectivity index (χ1n) is 7.02. The minimum Gasteiger partial charge on any atom is -0.380 e. The summed E-state index contributed by atoms with van der Waals surface area (Å²) in [4.78, 5) is 26.4. The monoisotopic (exact) mass is 270 g/mol. The second-order valence-electron chi connectivity index (χ2n) is 5.78. The van der Waals surface area contributed by atoms with Gasteiger partial charge in [0.05, 0.1) is 6.61 Å². The first-order valence-corrected chi connectivity index (χ1v) is 7.02. The summed E-state index contributed by atoms with van der Waals surface area (Å²) in [6.45, 7) is 10.9. The zero-order valence-electron chi connectivity index (χ0n) is 12.7. The Morgan fingerprint density at radius 2 is 1.79 bits per heavy atom. The molecule has 1 saturated heterocycles. The first-order chi connectivity index (χ1) is 8.79. The van der Waals surface area contributed by atoms with E-state index in [2.05, 4.69) is 5.32 Å². The van der Waals surface area contributed by atoms with Gasteiger partial charge < -0.3 is 15.0 Å². The standard InChI is InChI=1S/C14H26N2O3/c1-6-9-19-10-8-16-12(18)13(3,4)15-11(17)14(16,5)7-2/h6-10H2,1-5H3,(H,15,17). The van der Waals surface area contributed by atoms with Gasteiger partial charge in [0.15, 0.2) is 0 Å². The minimum absolute atomic E-state index is 0.0449. The number of nitrogens with one attached hydrogen (secondary N) is 1. The predicted octanol–water partition coefficient (Wildman–Crippen LogP) is 1.32. The molecule has 1 unspecified atom stereocenters. The number of carbonyl (C=O) groups excluding carboxylic acids is 2. The molecule has 0 saturated carbocycles. The molecule has 5 heteroatoms. The van der Waals surface area contributed by atoms with E-state index >= 15 is 0 Å². The summed E-state index contributed by atoms with van der Waals surface area (Å²) in [5.41, 5.74) is -1.61. The van der Waals surface area contributed by atoms with Crippen LogP contribution in [-0.2, 0) is 14.3 Å². The van der Waals surface area contributed by atoms with E-state index in [-0.39, 0.29) is 11.8 Å². The van der Waals surface area contributed by atoms with Gasteiger partial charge >= 0.3 is 0 Å². The van der Waals surface area contributed by atoms with E-state index in [9.17, 15) is 9.59 Å². The quantitative estimate of drug-likeness (QED) is 0.741. The van der Waals surface area contributed by atoms with Gasteiger partial charge in [-0.25, -0.2) is 0 Å². The molecule has 1 aliphatic heterocycles. The lowest BCUT2D eigenvalue weighted by Gasteiger charge is -2.48. The molecule has 1 fully saturated rings. The van der Waals surface area contributed by atoms with Crippen LogP contribution in [0.1, 0.15) is 47.5 Å². The fourth-order valence-electron chi connectivity index (χ4n) is 2.26. The van der Waals surface area contributed by atoms with Crippen LogP contribution in [0.15, 0.2) is 0 Å². The van der Waals surface area contributed by atoms with Crippen molar-refractivity contribution in [3.63, 3.8) is 0 Å². The third-order valence-electron chi connectivity index (χ3n) is 3.79. The van der Waals surface area contributed by atoms with Crippen LogP contribution < -0.4 is 5.32 Å². The van der Waals surface area contributed by atoms with Crippen molar-refractivity contribution in [2.45, 2.75) is 58.5 Å². The smallest absolute Gasteiger partial charge is 0.248 e. The molecule has 1 N–H and O–H groups in total. The summed E-state index contributed by atoms with van der Waals surface area (Å²) >= 11 is 0. The van der Waals surface area contributed by atoms with Crippen LogP contribution >= 0.6 is 0 Å². The second-order valence-corrected chi connectivity index (χ2v) is 5.78. The molecule has 1 heterocycles. The van der Waals surface area contributed by atoms with E-state index in [1.807, 2.05) is 20.8 Å². The van der Waals surface area contributed by atoms with Crippen molar-refractivity contribution in [3.05, 3.63) is 0 Å². The van der Waals surface area contributed by atoms with E-state index in [0.717, 1.165) is 6.42 Å². The normalized spacial score (nSPS) is 26.5. The fraction of sp³-hybridized carbons (Fsp3) is 0.857. The van der Waals surface area contributed by atoms with Gasteiger partial charge in [0.1, 0.15) is 11.1 Å². The zero-order chi connectivity index (χ0) is 14.7. The van der Waals surface area contributed by atoms with Crippen molar-refractivity contribution in [3.8, 4) is 0 Å². The van der Waals surface area contributed by atoms with Gasteiger partial charge in [-0.2, -0.15) is 0 Å². The van der Waals surface area contributed by atoms with Crippen LogP contribution in [0, 0.1) is 0 Å². The van der Waals surface area contributed by atoms with Crippen molar-refractivity contribution < 1.29 is 14.3 Å². The molecule has 0 aliphatic carbocycles. The lowest BCUT2D eigenvalue weighted by Crippen LogP contribution is -2.73. The molecule has 0 aromatic carbocycles. The Bertz CT molecular complexity index is 355. The third-order valence-corrected chi connectivity index (χ3v) is 3.79. The van der Waals surface area contributed by atoms with Crippen LogP contribution in [0.5, 0.6) is 0 Å². The SMILES string of the molecule is CCCOCCN1C(=O)C(C)(C)NC(=O)C1(C)CC. The van der Waals surface area contributed by atoms with Crippen molar-refractivity contribution in [1.29, 1.82) is 0 Å². The highest BCUT2D eigenvalue weighted by Crippen LogP contribution is 2.28. The topological polar surface area (TPSA) is 58.6 Å². The number of rotatable bonds is 6. The lowest BCUT2D eigenvalue weighted by atomic mass is 9.86. The predicted molar refractivity (Wildman–Crippen MR) is 73.7 cm³/mol. The number of amides is 2. The first kappa shape index (κ1) is 16.0. The largest absolute Gasteiger partial charge is 0.380 e. The van der Waals surface area contributed by atoms with Crippen LogP contribution in [0.25, 0.3) is 0 Å². The molecule has 1 rings (SSSR count). The summed E-state index contributed by atoms with van der Waals surface area (Å²) in [7, 11) is 0. The molecule has 1 atom stereocenters. The van der Waals surface area contributed by atoms with Gasteiger partial charge in [-0.1, -0.05) is 13.8 Å². The third kappa shape index (κ3) is 3.08. The number of piperazine rings is 1. The number of nitrogens with zero attached hydrogens (tertiary/aromatic N) is 1. The summed E-state index contributed by atoms with van der Waals surface area (Å²) in [6, 6.07) is 0. The van der Waals surface area contributed by atoms with Crippen molar-refractivity contribution in [1.82, 2.24) is 10.2 Å². The fourth-order valence-corrected chi connectivity index (χ4v) is 2.26. The minimum atomic E-state index is -0.837. The maximum Gasteiger partial charge on any atom is 0.248 e. The van der Waals surface area contributed by atoms with Gasteiger partial charge in [0.25, 0.3) is 0 Å². The average Bonchev–Trinajstić information content (AvgIpc) is 2.35. The van der Waals surface area contributed by atoms with Gasteiger partial charge in [0.2, 0.25) is 11.8 Å². The molecule has 110 valence electrons. The van der Waals surface area contributed by atoms with Gasteiger partial charge in [-0.15, -0.1) is 0 Å². The van der Waals surface area contributed by atoms with Gasteiger partial charge in [-0.3, -0.25) is 9.59 Å². The Kier molecular flexibility index (Phi) is 4.96. The van der Waals surface area contributed by atoms with Crippen LogP contribution in [0.3, 0.4) is 0 Å². The molecule has 0 bridgehead atoms. The van der Waals surface area contributed by atoms with E-state index in [1.54, 1.807) is 18.7 Å². The number of ether oxygens (including phenoxy) is 1. The summed E-state index contributed by atoms with van der Waals surface area (Å²) in [6.07, 6.45) is 1.54. The highest BCUT2D eigenvalue weighted by molar-refractivity contribution is 6.01. The number of carbonyl (C=O) groups is 2. The Labute approximate surface area is 115 Å². The number of hydrogen-bond acceptors (Lipinski definition) is 3. The van der Waals surface area contributed by atoms with Crippen LogP contribution in [-0.4, -0.2) is 47.6 Å². The average molecular weight is 270 g/mol. The van der Waals surface area contributed by atoms with E-state index in [4.69, 9.17) is 4.74 Å². The number of hydrogen-bond donors (Lipinski definition) is 1. The molecule has 0 spiro atoms. The van der Waals surface area contributed by atoms with Crippen molar-refractivity contribution in [2.24, 2.45) is 0 Å². The van der Waals surface area contributed by atoms with E-state index in [0.29, 0.717) is 26.2 Å². The summed E-state index contributed by atoms with van der Waals surface area (Å²) in [5, 5.41) is 2.81. The van der Waals surface area contributed by atoms with E-state index < -0.39 is 11.1 Å². The highest BCUT2D eigenvalue weighted by atomic mass is 16.5.